The number of aldehydes is 1. The fourth-order valence-corrected chi connectivity index (χ4v) is 1.29. The fourth-order valence-electron chi connectivity index (χ4n) is 1.29. The monoisotopic (exact) mass is 212 g/mol. The van der Waals surface area contributed by atoms with Crippen LogP contribution >= 0.6 is 0 Å². The van der Waals surface area contributed by atoms with E-state index in [1.54, 1.807) is 20.3 Å². The molecule has 0 amide bonds. The minimum absolute atomic E-state index is 0.264. The molecule has 0 unspecified atom stereocenters. The average molecular weight is 212 g/mol. The normalized spacial score (nSPS) is 13.4. The van der Waals surface area contributed by atoms with Crippen LogP contribution in [0.1, 0.15) is 26.7 Å². The number of carbonyl (C=O) groups is 1. The standard InChI is InChI=1S/C12H20O3/c1-10(8-9-13)6-5-7-11(2)12(14-3)15-4/h7-9,12H,5-6H2,1-4H3/b10-8?,11-7-. The number of rotatable bonds is 7. The summed E-state index contributed by atoms with van der Waals surface area (Å²) in [7, 11) is 3.23. The van der Waals surface area contributed by atoms with E-state index in [0.29, 0.717) is 0 Å². The topological polar surface area (TPSA) is 35.5 Å². The van der Waals surface area contributed by atoms with Crippen LogP contribution in [-0.4, -0.2) is 26.8 Å². The molecule has 0 heterocycles. The Balaban J connectivity index is 4.05. The SMILES string of the molecule is COC(OC)/C(C)=C\CCC(C)=CC=O. The van der Waals surface area contributed by atoms with Gasteiger partial charge in [-0.2, -0.15) is 0 Å². The van der Waals surface area contributed by atoms with Crippen molar-refractivity contribution in [3.63, 3.8) is 0 Å². The van der Waals surface area contributed by atoms with Gasteiger partial charge in [0, 0.05) is 14.2 Å². The van der Waals surface area contributed by atoms with Gasteiger partial charge in [0.2, 0.25) is 0 Å². The molecule has 0 fully saturated rings. The van der Waals surface area contributed by atoms with Crippen LogP contribution in [0, 0.1) is 0 Å². The molecule has 0 N–H and O–H groups in total. The molecule has 0 aromatic heterocycles. The first kappa shape index (κ1) is 14.1. The molecule has 0 atom stereocenters. The summed E-state index contributed by atoms with van der Waals surface area (Å²) < 4.78 is 10.2. The number of carbonyl (C=O) groups excluding carboxylic acids is 1. The molecular weight excluding hydrogens is 192 g/mol. The Morgan fingerprint density at radius 3 is 2.33 bits per heavy atom. The minimum Gasteiger partial charge on any atom is -0.352 e. The van der Waals surface area contributed by atoms with Gasteiger partial charge in [-0.1, -0.05) is 11.6 Å². The summed E-state index contributed by atoms with van der Waals surface area (Å²) in [4.78, 5) is 10.2. The molecule has 3 nitrogen and oxygen atoms in total. The third kappa shape index (κ3) is 6.20. The summed E-state index contributed by atoms with van der Waals surface area (Å²) in [5, 5.41) is 0. The molecule has 0 aliphatic heterocycles. The van der Waals surface area contributed by atoms with Gasteiger partial charge in [0.05, 0.1) is 0 Å². The molecule has 0 radical (unpaired) electrons. The smallest absolute Gasteiger partial charge is 0.178 e. The zero-order chi connectivity index (χ0) is 11.7. The summed E-state index contributed by atoms with van der Waals surface area (Å²) in [5.74, 6) is 0. The van der Waals surface area contributed by atoms with Gasteiger partial charge in [-0.05, 0) is 38.3 Å². The Hall–Kier alpha value is -0.930. The summed E-state index contributed by atoms with van der Waals surface area (Å²) in [6.45, 7) is 3.91. The van der Waals surface area contributed by atoms with Crippen LogP contribution in [0.2, 0.25) is 0 Å². The maximum absolute atomic E-state index is 10.2. The molecule has 86 valence electrons. The van der Waals surface area contributed by atoms with E-state index in [2.05, 4.69) is 6.08 Å². The highest BCUT2D eigenvalue weighted by Gasteiger charge is 2.05. The molecule has 0 spiro atoms. The third-order valence-electron chi connectivity index (χ3n) is 2.16. The van der Waals surface area contributed by atoms with Crippen LogP contribution in [0.3, 0.4) is 0 Å². The van der Waals surface area contributed by atoms with Crippen molar-refractivity contribution in [1.82, 2.24) is 0 Å². The Morgan fingerprint density at radius 2 is 1.87 bits per heavy atom. The van der Waals surface area contributed by atoms with E-state index in [4.69, 9.17) is 9.47 Å². The van der Waals surface area contributed by atoms with Crippen molar-refractivity contribution < 1.29 is 14.3 Å². The van der Waals surface area contributed by atoms with Crippen LogP contribution in [0.5, 0.6) is 0 Å². The van der Waals surface area contributed by atoms with E-state index in [9.17, 15) is 4.79 Å². The van der Waals surface area contributed by atoms with Crippen molar-refractivity contribution in [3.8, 4) is 0 Å². The first-order valence-corrected chi connectivity index (χ1v) is 4.98. The molecule has 0 saturated heterocycles. The van der Waals surface area contributed by atoms with Crippen LogP contribution in [0.25, 0.3) is 0 Å². The Bertz CT molecular complexity index is 237. The van der Waals surface area contributed by atoms with Crippen LogP contribution in [-0.2, 0) is 14.3 Å². The summed E-state index contributed by atoms with van der Waals surface area (Å²) in [6, 6.07) is 0. The molecule has 0 saturated carbocycles. The molecule has 15 heavy (non-hydrogen) atoms. The second-order valence-electron chi connectivity index (χ2n) is 3.44. The van der Waals surface area contributed by atoms with E-state index in [1.165, 1.54) is 0 Å². The van der Waals surface area contributed by atoms with E-state index in [-0.39, 0.29) is 6.29 Å². The highest BCUT2D eigenvalue weighted by molar-refractivity contribution is 5.65. The van der Waals surface area contributed by atoms with E-state index in [1.807, 2.05) is 13.8 Å². The molecule has 3 heteroatoms. The lowest BCUT2D eigenvalue weighted by molar-refractivity contribution is -0.104. The highest BCUT2D eigenvalue weighted by atomic mass is 16.7. The molecule has 0 aromatic carbocycles. The maximum atomic E-state index is 10.2. The molecule has 0 aliphatic carbocycles. The zero-order valence-corrected chi connectivity index (χ0v) is 9.95. The highest BCUT2D eigenvalue weighted by Crippen LogP contribution is 2.10. The van der Waals surface area contributed by atoms with Gasteiger partial charge in [-0.25, -0.2) is 0 Å². The van der Waals surface area contributed by atoms with Crippen molar-refractivity contribution in [3.05, 3.63) is 23.3 Å². The predicted molar refractivity (Wildman–Crippen MR) is 60.6 cm³/mol. The van der Waals surface area contributed by atoms with Crippen LogP contribution < -0.4 is 0 Å². The lowest BCUT2D eigenvalue weighted by atomic mass is 10.1. The van der Waals surface area contributed by atoms with Crippen molar-refractivity contribution in [2.45, 2.75) is 33.0 Å². The van der Waals surface area contributed by atoms with E-state index < -0.39 is 0 Å². The zero-order valence-electron chi connectivity index (χ0n) is 9.95. The number of hydrogen-bond acceptors (Lipinski definition) is 3. The van der Waals surface area contributed by atoms with Crippen molar-refractivity contribution in [1.29, 1.82) is 0 Å². The summed E-state index contributed by atoms with van der Waals surface area (Å²) in [6.07, 6.45) is 5.99. The maximum Gasteiger partial charge on any atom is 0.178 e. The summed E-state index contributed by atoms with van der Waals surface area (Å²) >= 11 is 0. The van der Waals surface area contributed by atoms with Gasteiger partial charge < -0.3 is 9.47 Å². The number of ether oxygens (including phenoxy) is 2. The van der Waals surface area contributed by atoms with Crippen LogP contribution in [0.4, 0.5) is 0 Å². The van der Waals surface area contributed by atoms with Crippen LogP contribution in [0.15, 0.2) is 23.3 Å². The second kappa shape index (κ2) is 8.38. The Morgan fingerprint density at radius 1 is 1.27 bits per heavy atom. The largest absolute Gasteiger partial charge is 0.352 e. The molecular formula is C12H20O3. The first-order chi connectivity index (χ1) is 7.15. The third-order valence-corrected chi connectivity index (χ3v) is 2.16. The Labute approximate surface area is 91.8 Å². The lowest BCUT2D eigenvalue weighted by Crippen LogP contribution is -2.14. The van der Waals surface area contributed by atoms with Gasteiger partial charge in [0.15, 0.2) is 6.29 Å². The van der Waals surface area contributed by atoms with Crippen molar-refractivity contribution >= 4 is 6.29 Å². The molecule has 0 bridgehead atoms. The fraction of sp³-hybridized carbons (Fsp3) is 0.583. The van der Waals surface area contributed by atoms with Gasteiger partial charge >= 0.3 is 0 Å². The minimum atomic E-state index is -0.264. The number of methoxy groups -OCH3 is 2. The average Bonchev–Trinajstić information content (AvgIpc) is 2.20. The van der Waals surface area contributed by atoms with E-state index in [0.717, 1.165) is 30.3 Å². The van der Waals surface area contributed by atoms with E-state index >= 15 is 0 Å². The van der Waals surface area contributed by atoms with Gasteiger partial charge in [-0.3, -0.25) is 4.79 Å². The van der Waals surface area contributed by atoms with Gasteiger partial charge in [0.25, 0.3) is 0 Å². The summed E-state index contributed by atoms with van der Waals surface area (Å²) in [5.41, 5.74) is 2.14. The lowest BCUT2D eigenvalue weighted by Gasteiger charge is -2.13. The predicted octanol–water partition coefficient (Wildman–Crippen LogP) is 2.48. The van der Waals surface area contributed by atoms with Crippen molar-refractivity contribution in [2.75, 3.05) is 14.2 Å². The Kier molecular flexibility index (Phi) is 7.86. The molecule has 0 rings (SSSR count). The number of hydrogen-bond donors (Lipinski definition) is 0. The molecule has 0 aliphatic rings. The second-order valence-corrected chi connectivity index (χ2v) is 3.44. The van der Waals surface area contributed by atoms with Gasteiger partial charge in [-0.15, -0.1) is 0 Å². The molecule has 0 aromatic rings. The van der Waals surface area contributed by atoms with Gasteiger partial charge in [0.1, 0.15) is 6.29 Å². The number of allylic oxidation sites excluding steroid dienone is 3. The van der Waals surface area contributed by atoms with Crippen molar-refractivity contribution in [2.24, 2.45) is 0 Å². The first-order valence-electron chi connectivity index (χ1n) is 4.98. The quantitative estimate of drug-likeness (QED) is 0.281.